The summed E-state index contributed by atoms with van der Waals surface area (Å²) in [5.74, 6) is -0.361. The molecule has 0 aromatic carbocycles. The Hall–Kier alpha value is -0.700. The van der Waals surface area contributed by atoms with Crippen molar-refractivity contribution in [2.24, 2.45) is 0 Å². The van der Waals surface area contributed by atoms with E-state index in [4.69, 9.17) is 0 Å². The number of carbonyl (C=O) groups is 1. The van der Waals surface area contributed by atoms with Crippen LogP contribution in [0.1, 0.15) is 13.3 Å². The predicted octanol–water partition coefficient (Wildman–Crippen LogP) is -1.23. The maximum Gasteiger partial charge on any atom is 0.241 e. The Bertz CT molecular complexity index is 474. The van der Waals surface area contributed by atoms with E-state index in [0.717, 1.165) is 32.6 Å². The van der Waals surface area contributed by atoms with Crippen LogP contribution in [0, 0.1) is 0 Å². The lowest BCUT2D eigenvalue weighted by atomic mass is 10.2. The van der Waals surface area contributed by atoms with Crippen LogP contribution in [0.2, 0.25) is 0 Å². The lowest BCUT2D eigenvalue weighted by Gasteiger charge is -2.32. The van der Waals surface area contributed by atoms with E-state index in [1.54, 1.807) is 14.1 Å². The SMILES string of the molecule is CC(C(=O)N(C)C)S(=O)(=O)N1CCC(N2CCNCC2)C1. The summed E-state index contributed by atoms with van der Waals surface area (Å²) in [7, 11) is -0.384. The largest absolute Gasteiger partial charge is 0.348 e. The maximum atomic E-state index is 12.6. The Labute approximate surface area is 127 Å². The molecule has 2 saturated heterocycles. The van der Waals surface area contributed by atoms with Gasteiger partial charge >= 0.3 is 0 Å². The Balaban J connectivity index is 2.00. The molecule has 0 saturated carbocycles. The summed E-state index contributed by atoms with van der Waals surface area (Å²) < 4.78 is 26.6. The topological polar surface area (TPSA) is 73.0 Å². The van der Waals surface area contributed by atoms with Crippen molar-refractivity contribution in [2.45, 2.75) is 24.6 Å². The molecule has 2 unspecified atom stereocenters. The monoisotopic (exact) mass is 318 g/mol. The molecule has 7 nitrogen and oxygen atoms in total. The van der Waals surface area contributed by atoms with E-state index in [1.807, 2.05) is 0 Å². The highest BCUT2D eigenvalue weighted by Gasteiger charge is 2.40. The zero-order valence-electron chi connectivity index (χ0n) is 13.1. The summed E-state index contributed by atoms with van der Waals surface area (Å²) in [6.45, 7) is 6.35. The molecule has 2 aliphatic heterocycles. The second kappa shape index (κ2) is 6.60. The second-order valence-corrected chi connectivity index (χ2v) is 8.26. The fraction of sp³-hybridized carbons (Fsp3) is 0.923. The molecule has 0 spiro atoms. The number of carbonyl (C=O) groups excluding carboxylic acids is 1. The third kappa shape index (κ3) is 3.56. The average molecular weight is 318 g/mol. The average Bonchev–Trinajstić information content (AvgIpc) is 2.97. The molecule has 1 N–H and O–H groups in total. The fourth-order valence-corrected chi connectivity index (χ4v) is 4.65. The molecule has 2 aliphatic rings. The van der Waals surface area contributed by atoms with E-state index in [-0.39, 0.29) is 11.9 Å². The van der Waals surface area contributed by atoms with E-state index in [1.165, 1.54) is 16.1 Å². The first-order valence-corrected chi connectivity index (χ1v) is 8.99. The van der Waals surface area contributed by atoms with Gasteiger partial charge < -0.3 is 10.2 Å². The molecule has 122 valence electrons. The molecule has 21 heavy (non-hydrogen) atoms. The van der Waals surface area contributed by atoms with Crippen LogP contribution in [0.15, 0.2) is 0 Å². The summed E-state index contributed by atoms with van der Waals surface area (Å²) in [5, 5.41) is 2.30. The van der Waals surface area contributed by atoms with Gasteiger partial charge in [0.15, 0.2) is 5.25 Å². The summed E-state index contributed by atoms with van der Waals surface area (Å²) in [6, 6.07) is 0.281. The van der Waals surface area contributed by atoms with Crippen molar-refractivity contribution in [2.75, 3.05) is 53.4 Å². The first kappa shape index (κ1) is 16.7. The van der Waals surface area contributed by atoms with Crippen LogP contribution in [-0.2, 0) is 14.8 Å². The molecule has 0 bridgehead atoms. The third-order valence-corrected chi connectivity index (χ3v) is 6.54. The zero-order valence-corrected chi connectivity index (χ0v) is 13.9. The Kier molecular flexibility index (Phi) is 5.24. The van der Waals surface area contributed by atoms with Gasteiger partial charge in [0.1, 0.15) is 0 Å². The molecule has 2 atom stereocenters. The van der Waals surface area contributed by atoms with Gasteiger partial charge in [-0.25, -0.2) is 8.42 Å². The molecular formula is C13H26N4O3S. The van der Waals surface area contributed by atoms with E-state index < -0.39 is 15.3 Å². The number of hydrogen-bond donors (Lipinski definition) is 1. The Morgan fingerprint density at radius 2 is 1.86 bits per heavy atom. The van der Waals surface area contributed by atoms with Crippen LogP contribution in [0.3, 0.4) is 0 Å². The van der Waals surface area contributed by atoms with Crippen molar-refractivity contribution >= 4 is 15.9 Å². The van der Waals surface area contributed by atoms with Crippen molar-refractivity contribution in [3.8, 4) is 0 Å². The molecule has 2 rings (SSSR count). The Morgan fingerprint density at radius 3 is 2.43 bits per heavy atom. The smallest absolute Gasteiger partial charge is 0.241 e. The normalized spacial score (nSPS) is 26.7. The molecule has 0 radical (unpaired) electrons. The minimum Gasteiger partial charge on any atom is -0.348 e. The van der Waals surface area contributed by atoms with Gasteiger partial charge in [-0.1, -0.05) is 0 Å². The summed E-state index contributed by atoms with van der Waals surface area (Å²) >= 11 is 0. The minimum atomic E-state index is -3.55. The maximum absolute atomic E-state index is 12.6. The molecule has 0 aromatic rings. The van der Waals surface area contributed by atoms with Gasteiger partial charge in [0.2, 0.25) is 15.9 Å². The first-order chi connectivity index (χ1) is 9.84. The van der Waals surface area contributed by atoms with Crippen LogP contribution in [0.4, 0.5) is 0 Å². The minimum absolute atomic E-state index is 0.281. The summed E-state index contributed by atoms with van der Waals surface area (Å²) in [6.07, 6.45) is 0.849. The molecular weight excluding hydrogens is 292 g/mol. The van der Waals surface area contributed by atoms with Crippen LogP contribution >= 0.6 is 0 Å². The second-order valence-electron chi connectivity index (χ2n) is 6.01. The van der Waals surface area contributed by atoms with Crippen molar-refractivity contribution < 1.29 is 13.2 Å². The highest BCUT2D eigenvalue weighted by atomic mass is 32.2. The van der Waals surface area contributed by atoms with Gasteiger partial charge in [0.25, 0.3) is 0 Å². The van der Waals surface area contributed by atoms with E-state index in [2.05, 4.69) is 10.2 Å². The van der Waals surface area contributed by atoms with Crippen LogP contribution in [0.5, 0.6) is 0 Å². The van der Waals surface area contributed by atoms with Gasteiger partial charge in [-0.2, -0.15) is 4.31 Å². The number of piperazine rings is 1. The van der Waals surface area contributed by atoms with Crippen LogP contribution in [0.25, 0.3) is 0 Å². The van der Waals surface area contributed by atoms with Crippen molar-refractivity contribution in [1.29, 1.82) is 0 Å². The molecule has 2 fully saturated rings. The molecule has 8 heteroatoms. The van der Waals surface area contributed by atoms with E-state index >= 15 is 0 Å². The lowest BCUT2D eigenvalue weighted by Crippen LogP contribution is -2.50. The standard InChI is InChI=1S/C13H26N4O3S/c1-11(13(18)15(2)3)21(19,20)17-7-4-12(10-17)16-8-5-14-6-9-16/h11-12,14H,4-10H2,1-3H3. The predicted molar refractivity (Wildman–Crippen MR) is 81.5 cm³/mol. The fourth-order valence-electron chi connectivity index (χ4n) is 3.00. The lowest BCUT2D eigenvalue weighted by molar-refractivity contribution is -0.128. The van der Waals surface area contributed by atoms with Gasteiger partial charge in [0, 0.05) is 59.4 Å². The van der Waals surface area contributed by atoms with E-state index in [9.17, 15) is 13.2 Å². The van der Waals surface area contributed by atoms with Crippen molar-refractivity contribution in [3.63, 3.8) is 0 Å². The number of rotatable bonds is 4. The van der Waals surface area contributed by atoms with Gasteiger partial charge in [-0.05, 0) is 13.3 Å². The Morgan fingerprint density at radius 1 is 1.24 bits per heavy atom. The zero-order chi connectivity index (χ0) is 15.6. The molecule has 1 amide bonds. The number of hydrogen-bond acceptors (Lipinski definition) is 5. The molecule has 0 aliphatic carbocycles. The highest BCUT2D eigenvalue weighted by Crippen LogP contribution is 2.22. The first-order valence-electron chi connectivity index (χ1n) is 7.49. The summed E-state index contributed by atoms with van der Waals surface area (Å²) in [4.78, 5) is 15.6. The third-order valence-electron chi connectivity index (χ3n) is 4.39. The van der Waals surface area contributed by atoms with Crippen LogP contribution in [-0.4, -0.2) is 93.1 Å². The number of sulfonamides is 1. The molecule has 2 heterocycles. The number of nitrogens with one attached hydrogen (secondary N) is 1. The van der Waals surface area contributed by atoms with Gasteiger partial charge in [-0.15, -0.1) is 0 Å². The highest BCUT2D eigenvalue weighted by molar-refractivity contribution is 7.90. The van der Waals surface area contributed by atoms with Crippen molar-refractivity contribution in [1.82, 2.24) is 19.4 Å². The van der Waals surface area contributed by atoms with E-state index in [0.29, 0.717) is 13.1 Å². The van der Waals surface area contributed by atoms with Crippen molar-refractivity contribution in [3.05, 3.63) is 0 Å². The number of nitrogens with zero attached hydrogens (tertiary/aromatic N) is 3. The van der Waals surface area contributed by atoms with Gasteiger partial charge in [0.05, 0.1) is 0 Å². The van der Waals surface area contributed by atoms with Crippen LogP contribution < -0.4 is 5.32 Å². The molecule has 0 aromatic heterocycles. The van der Waals surface area contributed by atoms with Gasteiger partial charge in [-0.3, -0.25) is 9.69 Å². The summed E-state index contributed by atoms with van der Waals surface area (Å²) in [5.41, 5.74) is 0. The quantitative estimate of drug-likeness (QED) is 0.703. The number of amides is 1.